The zero-order chi connectivity index (χ0) is 11.7. The Morgan fingerprint density at radius 3 is 2.62 bits per heavy atom. The number of hydrogen-bond donors (Lipinski definition) is 1. The van der Waals surface area contributed by atoms with Crippen molar-refractivity contribution < 1.29 is 4.39 Å². The lowest BCUT2D eigenvalue weighted by Crippen LogP contribution is -2.10. The Balaban J connectivity index is 2.35. The fraction of sp³-hybridized carbons (Fsp3) is 0.250. The van der Waals surface area contributed by atoms with Crippen LogP contribution in [0.4, 0.5) is 4.39 Å². The smallest absolute Gasteiger partial charge is 0.141 e. The summed E-state index contributed by atoms with van der Waals surface area (Å²) < 4.78 is 13.0. The van der Waals surface area contributed by atoms with Crippen LogP contribution in [0.15, 0.2) is 24.5 Å². The van der Waals surface area contributed by atoms with E-state index in [0.29, 0.717) is 5.56 Å². The zero-order valence-corrected chi connectivity index (χ0v) is 10.0. The highest BCUT2D eigenvalue weighted by Gasteiger charge is 2.13. The Hall–Kier alpha value is -1.26. The molecule has 0 aliphatic carbocycles. The molecule has 1 unspecified atom stereocenters. The first kappa shape index (κ1) is 11.2. The summed E-state index contributed by atoms with van der Waals surface area (Å²) in [6.07, 6.45) is 2.79. The number of nitrogens with two attached hydrogens (primary N) is 1. The van der Waals surface area contributed by atoms with Crippen molar-refractivity contribution in [3.8, 4) is 0 Å². The van der Waals surface area contributed by atoms with Gasteiger partial charge < -0.3 is 5.73 Å². The van der Waals surface area contributed by atoms with Crippen molar-refractivity contribution in [2.24, 2.45) is 5.73 Å². The summed E-state index contributed by atoms with van der Waals surface area (Å²) in [6, 6.07) is 3.19. The highest BCUT2D eigenvalue weighted by Crippen LogP contribution is 2.28. The third-order valence-electron chi connectivity index (χ3n) is 2.58. The van der Waals surface area contributed by atoms with E-state index in [4.69, 9.17) is 5.73 Å². The first-order valence-electron chi connectivity index (χ1n) is 5.01. The van der Waals surface area contributed by atoms with Crippen LogP contribution < -0.4 is 5.73 Å². The number of hydrogen-bond acceptors (Lipinski definition) is 3. The maximum Gasteiger partial charge on any atom is 0.141 e. The SMILES string of the molecule is Cc1cc(C(N)c2cncc(F)c2)sc1C. The summed E-state index contributed by atoms with van der Waals surface area (Å²) in [4.78, 5) is 6.10. The molecule has 0 aliphatic heterocycles. The summed E-state index contributed by atoms with van der Waals surface area (Å²) >= 11 is 1.65. The summed E-state index contributed by atoms with van der Waals surface area (Å²) in [5.41, 5.74) is 8.00. The number of aryl methyl sites for hydroxylation is 2. The van der Waals surface area contributed by atoms with Crippen LogP contribution in [-0.2, 0) is 0 Å². The third kappa shape index (κ3) is 2.13. The lowest BCUT2D eigenvalue weighted by molar-refractivity contribution is 0.616. The molecule has 2 N–H and O–H groups in total. The lowest BCUT2D eigenvalue weighted by atomic mass is 10.1. The van der Waals surface area contributed by atoms with Gasteiger partial charge in [-0.05, 0) is 37.1 Å². The molecule has 0 aliphatic rings. The highest BCUT2D eigenvalue weighted by molar-refractivity contribution is 7.12. The van der Waals surface area contributed by atoms with E-state index in [2.05, 4.69) is 18.0 Å². The van der Waals surface area contributed by atoms with Crippen LogP contribution in [0.1, 0.15) is 26.9 Å². The van der Waals surface area contributed by atoms with E-state index >= 15 is 0 Å². The van der Waals surface area contributed by atoms with E-state index in [0.717, 1.165) is 4.88 Å². The summed E-state index contributed by atoms with van der Waals surface area (Å²) in [5.74, 6) is -0.349. The van der Waals surface area contributed by atoms with E-state index in [1.807, 2.05) is 6.92 Å². The van der Waals surface area contributed by atoms with Gasteiger partial charge in [0.2, 0.25) is 0 Å². The van der Waals surface area contributed by atoms with Crippen LogP contribution in [0.2, 0.25) is 0 Å². The van der Waals surface area contributed by atoms with Crippen molar-refractivity contribution >= 4 is 11.3 Å². The minimum absolute atomic E-state index is 0.291. The van der Waals surface area contributed by atoms with Gasteiger partial charge >= 0.3 is 0 Å². The average molecular weight is 236 g/mol. The van der Waals surface area contributed by atoms with Crippen LogP contribution in [-0.4, -0.2) is 4.98 Å². The van der Waals surface area contributed by atoms with Crippen molar-refractivity contribution in [2.75, 3.05) is 0 Å². The number of halogens is 1. The number of rotatable bonds is 2. The molecular weight excluding hydrogens is 223 g/mol. The second kappa shape index (κ2) is 4.31. The molecule has 0 spiro atoms. The highest BCUT2D eigenvalue weighted by atomic mass is 32.1. The van der Waals surface area contributed by atoms with E-state index in [-0.39, 0.29) is 11.9 Å². The average Bonchev–Trinajstić information content (AvgIpc) is 2.58. The maximum atomic E-state index is 13.0. The molecule has 2 rings (SSSR count). The Bertz CT molecular complexity index is 488. The monoisotopic (exact) mass is 236 g/mol. The van der Waals surface area contributed by atoms with E-state index < -0.39 is 0 Å². The van der Waals surface area contributed by atoms with Gasteiger partial charge in [-0.1, -0.05) is 0 Å². The number of nitrogens with zero attached hydrogens (tertiary/aromatic N) is 1. The van der Waals surface area contributed by atoms with Gasteiger partial charge in [-0.2, -0.15) is 0 Å². The maximum absolute atomic E-state index is 13.0. The largest absolute Gasteiger partial charge is 0.320 e. The Morgan fingerprint density at radius 1 is 1.31 bits per heavy atom. The first-order valence-corrected chi connectivity index (χ1v) is 5.82. The van der Waals surface area contributed by atoms with Crippen LogP contribution in [0.3, 0.4) is 0 Å². The van der Waals surface area contributed by atoms with Gasteiger partial charge in [0.25, 0.3) is 0 Å². The van der Waals surface area contributed by atoms with Crippen LogP contribution in [0, 0.1) is 19.7 Å². The summed E-state index contributed by atoms with van der Waals surface area (Å²) in [5, 5.41) is 0. The second-order valence-corrected chi connectivity index (χ2v) is 5.09. The zero-order valence-electron chi connectivity index (χ0n) is 9.20. The molecule has 0 saturated carbocycles. The van der Waals surface area contributed by atoms with Crippen LogP contribution in [0.5, 0.6) is 0 Å². The van der Waals surface area contributed by atoms with E-state index in [9.17, 15) is 4.39 Å². The first-order chi connectivity index (χ1) is 7.58. The topological polar surface area (TPSA) is 38.9 Å². The van der Waals surface area contributed by atoms with Crippen molar-refractivity contribution in [1.82, 2.24) is 4.98 Å². The molecule has 0 fully saturated rings. The molecule has 0 amide bonds. The fourth-order valence-electron chi connectivity index (χ4n) is 1.52. The third-order valence-corrected chi connectivity index (χ3v) is 3.81. The van der Waals surface area contributed by atoms with E-state index in [1.165, 1.54) is 22.7 Å². The number of aromatic nitrogens is 1. The predicted octanol–water partition coefficient (Wildman–Crippen LogP) is 2.95. The predicted molar refractivity (Wildman–Crippen MR) is 64.0 cm³/mol. The number of pyridine rings is 1. The molecule has 0 radical (unpaired) electrons. The molecule has 0 saturated heterocycles. The molecule has 2 nitrogen and oxygen atoms in total. The Morgan fingerprint density at radius 2 is 2.06 bits per heavy atom. The second-order valence-electron chi connectivity index (χ2n) is 3.80. The molecule has 2 aromatic rings. The Labute approximate surface area is 97.9 Å². The molecule has 2 heterocycles. The minimum Gasteiger partial charge on any atom is -0.320 e. The van der Waals surface area contributed by atoms with Crippen molar-refractivity contribution in [3.63, 3.8) is 0 Å². The summed E-state index contributed by atoms with van der Waals surface area (Å²) in [7, 11) is 0. The fourth-order valence-corrected chi connectivity index (χ4v) is 2.59. The molecule has 84 valence electrons. The molecule has 2 aromatic heterocycles. The molecule has 0 aromatic carbocycles. The van der Waals surface area contributed by atoms with Gasteiger partial charge in [-0.15, -0.1) is 11.3 Å². The molecule has 16 heavy (non-hydrogen) atoms. The van der Waals surface area contributed by atoms with Crippen molar-refractivity contribution in [2.45, 2.75) is 19.9 Å². The normalized spacial score (nSPS) is 12.8. The quantitative estimate of drug-likeness (QED) is 0.870. The van der Waals surface area contributed by atoms with Gasteiger partial charge in [0.1, 0.15) is 5.82 Å². The minimum atomic E-state index is -0.349. The van der Waals surface area contributed by atoms with Crippen molar-refractivity contribution in [1.29, 1.82) is 0 Å². The molecule has 4 heteroatoms. The molecular formula is C12H13FN2S. The van der Waals surface area contributed by atoms with Gasteiger partial charge in [0.15, 0.2) is 0 Å². The van der Waals surface area contributed by atoms with Crippen LogP contribution >= 0.6 is 11.3 Å². The Kier molecular flexibility index (Phi) is 3.03. The van der Waals surface area contributed by atoms with Gasteiger partial charge in [0.05, 0.1) is 12.2 Å². The van der Waals surface area contributed by atoms with Gasteiger partial charge in [-0.3, -0.25) is 4.98 Å². The summed E-state index contributed by atoms with van der Waals surface area (Å²) in [6.45, 7) is 4.10. The van der Waals surface area contributed by atoms with Gasteiger partial charge in [0, 0.05) is 16.0 Å². The standard InChI is InChI=1S/C12H13FN2S/c1-7-3-11(16-8(7)2)12(14)9-4-10(13)6-15-5-9/h3-6,12H,14H2,1-2H3. The molecule has 0 bridgehead atoms. The van der Waals surface area contributed by atoms with Crippen molar-refractivity contribution in [3.05, 3.63) is 51.2 Å². The van der Waals surface area contributed by atoms with Crippen LogP contribution in [0.25, 0.3) is 0 Å². The molecule has 1 atom stereocenters. The van der Waals surface area contributed by atoms with E-state index in [1.54, 1.807) is 17.5 Å². The number of thiophene rings is 1. The van der Waals surface area contributed by atoms with Gasteiger partial charge in [-0.25, -0.2) is 4.39 Å². The lowest BCUT2D eigenvalue weighted by Gasteiger charge is -2.08.